The maximum atomic E-state index is 13.8. The minimum absolute atomic E-state index is 0.00257. The second kappa shape index (κ2) is 13.1. The molecule has 2 bridgehead atoms. The molecule has 1 aromatic heterocycles. The van der Waals surface area contributed by atoms with Crippen molar-refractivity contribution in [3.63, 3.8) is 0 Å². The van der Waals surface area contributed by atoms with Crippen LogP contribution >= 0.6 is 18.0 Å². The third-order valence-electron chi connectivity index (χ3n) is 7.74. The van der Waals surface area contributed by atoms with Gasteiger partial charge in [0.2, 0.25) is 0 Å². The molecule has 2 saturated heterocycles. The molecule has 230 valence electrons. The summed E-state index contributed by atoms with van der Waals surface area (Å²) in [6.45, 7) is 9.25. The molecule has 1 saturated carbocycles. The first-order valence-electron chi connectivity index (χ1n) is 14.5. The molecule has 3 aliphatic rings. The minimum atomic E-state index is -3.57. The number of nitrogens with zero attached hydrogens (tertiary/aromatic N) is 1. The monoisotopic (exact) mass is 695 g/mol. The van der Waals surface area contributed by atoms with E-state index >= 15 is 0 Å². The Morgan fingerprint density at radius 2 is 1.60 bits per heavy atom. The number of esters is 2. The molecule has 2 aliphatic heterocycles. The number of ether oxygens (including phenoxy) is 4. The van der Waals surface area contributed by atoms with Gasteiger partial charge in [-0.05, 0) is 0 Å². The second-order valence-electron chi connectivity index (χ2n) is 11.7. The summed E-state index contributed by atoms with van der Waals surface area (Å²) in [6.07, 6.45) is 5.15. The molecule has 0 spiro atoms. The number of carbonyl (C=O) groups is 3. The van der Waals surface area contributed by atoms with Crippen molar-refractivity contribution >= 4 is 38.4 Å². The van der Waals surface area contributed by atoms with Crippen molar-refractivity contribution in [2.24, 2.45) is 5.92 Å². The quantitative estimate of drug-likeness (QED) is 0.0961. The third kappa shape index (κ3) is 6.63. The summed E-state index contributed by atoms with van der Waals surface area (Å²) >= 11 is -3.57. The molecule has 0 radical (unpaired) electrons. The summed E-state index contributed by atoms with van der Waals surface area (Å²) in [5.41, 5.74) is -0.953. The number of hydrogen-bond acceptors (Lipinski definition) is 8. The molecule has 3 heterocycles. The van der Waals surface area contributed by atoms with Gasteiger partial charge in [-0.25, -0.2) is 0 Å². The van der Waals surface area contributed by atoms with E-state index in [1.807, 2.05) is 51.1 Å². The second-order valence-corrected chi connectivity index (χ2v) is 20.4. The summed E-state index contributed by atoms with van der Waals surface area (Å²) in [5.74, 6) is -1.61. The van der Waals surface area contributed by atoms with Gasteiger partial charge in [0.25, 0.3) is 0 Å². The SMILES string of the molecule is C=I1(C(=O)OC(C)(C)C)C2CCC(CC2)[C@H]1Cn1cc(C(=O)OCC)c(=O)c(OCc2ccccc2)c1C(=O)OCC. The van der Waals surface area contributed by atoms with Crippen molar-refractivity contribution in [2.75, 3.05) is 13.2 Å². The van der Waals surface area contributed by atoms with Crippen LogP contribution in [-0.4, -0.2) is 51.7 Å². The predicted molar refractivity (Wildman–Crippen MR) is 170 cm³/mol. The van der Waals surface area contributed by atoms with Crippen molar-refractivity contribution < 1.29 is 33.3 Å². The normalized spacial score (nSPS) is 24.7. The zero-order valence-corrected chi connectivity index (χ0v) is 27.3. The van der Waals surface area contributed by atoms with Crippen LogP contribution in [0.25, 0.3) is 0 Å². The molecular weight excluding hydrogens is 653 g/mol. The fourth-order valence-electron chi connectivity index (χ4n) is 5.80. The number of carbonyl (C=O) groups excluding carboxylic acids is 3. The predicted octanol–water partition coefficient (Wildman–Crippen LogP) is 6.13. The standard InChI is InChI=1S/C32H42INO8/c1-7-39-29(36)24-18-34(19-25-22-14-16-23(17-15-22)33(25,6)31(38)42-32(3,4)5)26(30(37)40-8-2)28(27(24)35)41-20-21-12-10-9-11-13-21/h9-13,18,22-23,25H,6-8,14-17,19-20H2,1-5H3/t22?,23?,25-/m1/s1. The summed E-state index contributed by atoms with van der Waals surface area (Å²) in [5, 5.41) is 0. The Hall–Kier alpha value is -3.02. The van der Waals surface area contributed by atoms with Crippen molar-refractivity contribution in [1.29, 1.82) is 0 Å². The number of hydrogen-bond donors (Lipinski definition) is 0. The first-order valence-corrected chi connectivity index (χ1v) is 19.6. The summed E-state index contributed by atoms with van der Waals surface area (Å²) < 4.78 is 28.7. The van der Waals surface area contributed by atoms with Crippen LogP contribution in [0.3, 0.4) is 0 Å². The zero-order chi connectivity index (χ0) is 30.7. The van der Waals surface area contributed by atoms with Gasteiger partial charge in [0, 0.05) is 0 Å². The van der Waals surface area contributed by atoms with E-state index in [0.717, 1.165) is 31.2 Å². The number of rotatable bonds is 10. The molecule has 0 N–H and O–H groups in total. The molecule has 42 heavy (non-hydrogen) atoms. The molecule has 3 fully saturated rings. The van der Waals surface area contributed by atoms with Crippen LogP contribution in [0.1, 0.15) is 86.7 Å². The number of benzene rings is 1. The van der Waals surface area contributed by atoms with E-state index in [9.17, 15) is 19.2 Å². The van der Waals surface area contributed by atoms with Gasteiger partial charge in [-0.15, -0.1) is 0 Å². The number of pyridine rings is 1. The van der Waals surface area contributed by atoms with E-state index in [1.54, 1.807) is 18.4 Å². The topological polar surface area (TPSA) is 110 Å². The van der Waals surface area contributed by atoms with Gasteiger partial charge < -0.3 is 0 Å². The van der Waals surface area contributed by atoms with Crippen molar-refractivity contribution in [1.82, 2.24) is 4.57 Å². The maximum absolute atomic E-state index is 13.8. The van der Waals surface area contributed by atoms with Gasteiger partial charge in [0.15, 0.2) is 0 Å². The van der Waals surface area contributed by atoms with Gasteiger partial charge in [0.1, 0.15) is 0 Å². The zero-order valence-electron chi connectivity index (χ0n) is 25.2. The van der Waals surface area contributed by atoms with E-state index < -0.39 is 40.9 Å². The van der Waals surface area contributed by atoms with Crippen LogP contribution in [0, 0.1) is 5.92 Å². The fourth-order valence-corrected chi connectivity index (χ4v) is 16.2. The van der Waals surface area contributed by atoms with Crippen LogP contribution in [0.15, 0.2) is 41.3 Å². The van der Waals surface area contributed by atoms with Crippen molar-refractivity contribution in [3.8, 4) is 5.75 Å². The van der Waals surface area contributed by atoms with E-state index in [2.05, 4.69) is 4.51 Å². The Morgan fingerprint density at radius 1 is 0.976 bits per heavy atom. The molecule has 10 heteroatoms. The first-order chi connectivity index (χ1) is 19.9. The molecule has 5 rings (SSSR count). The number of aromatic nitrogens is 1. The van der Waals surface area contributed by atoms with E-state index in [1.165, 1.54) is 6.20 Å². The van der Waals surface area contributed by atoms with Gasteiger partial charge in [0.05, 0.1) is 0 Å². The van der Waals surface area contributed by atoms with E-state index in [4.69, 9.17) is 18.9 Å². The van der Waals surface area contributed by atoms with Crippen molar-refractivity contribution in [2.45, 2.75) is 86.9 Å². The number of halogens is 1. The molecule has 0 amide bonds. The molecule has 1 aliphatic carbocycles. The van der Waals surface area contributed by atoms with Crippen molar-refractivity contribution in [3.05, 3.63) is 63.6 Å². The van der Waals surface area contributed by atoms with Crippen LogP contribution in [0.4, 0.5) is 4.79 Å². The molecule has 1 aromatic carbocycles. The Labute approximate surface area is 250 Å². The Morgan fingerprint density at radius 3 is 2.19 bits per heavy atom. The fraction of sp³-hybridized carbons (Fsp3) is 0.531. The van der Waals surface area contributed by atoms with E-state index in [-0.39, 0.29) is 61.1 Å². The first kappa shape index (κ1) is 31.9. The van der Waals surface area contributed by atoms with Gasteiger partial charge in [-0.3, -0.25) is 0 Å². The Kier molecular flexibility index (Phi) is 9.95. The Balaban J connectivity index is 1.87. The molecule has 2 atom stereocenters. The van der Waals surface area contributed by atoms with Crippen LogP contribution in [0.2, 0.25) is 0 Å². The summed E-state index contributed by atoms with van der Waals surface area (Å²) in [4.78, 5) is 54.0. The average molecular weight is 696 g/mol. The van der Waals surface area contributed by atoms with Crippen LogP contribution in [0.5, 0.6) is 5.75 Å². The molecule has 9 nitrogen and oxygen atoms in total. The van der Waals surface area contributed by atoms with Gasteiger partial charge in [-0.1, -0.05) is 0 Å². The number of alkyl halides is 2. The molecule has 2 aromatic rings. The average Bonchev–Trinajstić information content (AvgIpc) is 2.94. The molecule has 1 unspecified atom stereocenters. The van der Waals surface area contributed by atoms with Crippen LogP contribution in [-0.2, 0) is 27.4 Å². The van der Waals surface area contributed by atoms with Crippen LogP contribution < -0.4 is 10.2 Å². The number of fused-ring (bicyclic) bond motifs is 3. The molecular formula is C32H42INO8. The summed E-state index contributed by atoms with van der Waals surface area (Å²) in [7, 11) is 0. The third-order valence-corrected chi connectivity index (χ3v) is 18.3. The summed E-state index contributed by atoms with van der Waals surface area (Å²) in [6, 6.07) is 9.21. The van der Waals surface area contributed by atoms with Gasteiger partial charge >= 0.3 is 252 Å². The Bertz CT molecular complexity index is 1420. The van der Waals surface area contributed by atoms with E-state index in [0.29, 0.717) is 0 Å². The van der Waals surface area contributed by atoms with Gasteiger partial charge in [-0.2, -0.15) is 0 Å².